The molecular formula is C13H19BrN2O. The van der Waals surface area contributed by atoms with Crippen LogP contribution in [0.5, 0.6) is 5.75 Å². The molecule has 0 aliphatic carbocycles. The molecule has 0 spiro atoms. The van der Waals surface area contributed by atoms with Gasteiger partial charge in [0.1, 0.15) is 5.75 Å². The zero-order valence-electron chi connectivity index (χ0n) is 9.92. The number of ether oxygens (including phenoxy) is 1. The Bertz CT molecular complexity index is 370. The monoisotopic (exact) mass is 298 g/mol. The number of benzene rings is 1. The first-order chi connectivity index (χ1) is 8.31. The van der Waals surface area contributed by atoms with Crippen LogP contribution in [0.3, 0.4) is 0 Å². The number of rotatable bonds is 4. The van der Waals surface area contributed by atoms with Crippen LogP contribution in [-0.2, 0) is 0 Å². The quantitative estimate of drug-likeness (QED) is 0.840. The number of nitrogens with one attached hydrogen (secondary N) is 1. The molecule has 1 unspecified atom stereocenters. The highest BCUT2D eigenvalue weighted by Gasteiger charge is 2.19. The summed E-state index contributed by atoms with van der Waals surface area (Å²) in [5.74, 6) is 1.01. The van der Waals surface area contributed by atoms with Gasteiger partial charge in [0.05, 0.1) is 6.61 Å². The van der Waals surface area contributed by atoms with E-state index in [1.54, 1.807) is 0 Å². The second kappa shape index (κ2) is 6.38. The summed E-state index contributed by atoms with van der Waals surface area (Å²) in [6.45, 7) is 2.51. The van der Waals surface area contributed by atoms with E-state index < -0.39 is 0 Å². The molecule has 0 bridgehead atoms. The van der Waals surface area contributed by atoms with Crippen LogP contribution in [0.4, 0.5) is 0 Å². The zero-order chi connectivity index (χ0) is 12.1. The Morgan fingerprint density at radius 1 is 1.47 bits per heavy atom. The van der Waals surface area contributed by atoms with Crippen LogP contribution < -0.4 is 15.8 Å². The fraction of sp³-hybridized carbons (Fsp3) is 0.538. The van der Waals surface area contributed by atoms with Gasteiger partial charge in [0, 0.05) is 16.1 Å². The second-order valence-corrected chi connectivity index (χ2v) is 5.24. The topological polar surface area (TPSA) is 47.3 Å². The van der Waals surface area contributed by atoms with Gasteiger partial charge in [0.2, 0.25) is 0 Å². The van der Waals surface area contributed by atoms with Crippen LogP contribution in [-0.4, -0.2) is 19.7 Å². The predicted molar refractivity (Wildman–Crippen MR) is 73.3 cm³/mol. The van der Waals surface area contributed by atoms with Gasteiger partial charge >= 0.3 is 0 Å². The van der Waals surface area contributed by atoms with Crippen LogP contribution in [0.25, 0.3) is 0 Å². The summed E-state index contributed by atoms with van der Waals surface area (Å²) in [4.78, 5) is 0. The molecule has 3 nitrogen and oxygen atoms in total. The van der Waals surface area contributed by atoms with Gasteiger partial charge in [0.25, 0.3) is 0 Å². The number of hydrogen-bond donors (Lipinski definition) is 2. The number of nitrogens with two attached hydrogens (primary N) is 1. The minimum absolute atomic E-state index is 0.386. The fourth-order valence-electron chi connectivity index (χ4n) is 2.14. The summed E-state index contributed by atoms with van der Waals surface area (Å²) in [5.41, 5.74) is 6.78. The van der Waals surface area contributed by atoms with Crippen LogP contribution in [0.2, 0.25) is 0 Å². The third-order valence-corrected chi connectivity index (χ3v) is 3.51. The van der Waals surface area contributed by atoms with E-state index in [4.69, 9.17) is 10.5 Å². The van der Waals surface area contributed by atoms with Crippen molar-refractivity contribution in [3.8, 4) is 5.75 Å². The minimum atomic E-state index is 0.386. The third kappa shape index (κ3) is 3.44. The van der Waals surface area contributed by atoms with E-state index in [2.05, 4.69) is 27.3 Å². The Labute approximate surface area is 111 Å². The smallest absolute Gasteiger partial charge is 0.124 e. The molecule has 1 aromatic rings. The predicted octanol–water partition coefficient (Wildman–Crippen LogP) is 2.60. The van der Waals surface area contributed by atoms with Crippen LogP contribution in [0, 0.1) is 0 Å². The van der Waals surface area contributed by atoms with Crippen molar-refractivity contribution in [1.29, 1.82) is 0 Å². The number of hydrogen-bond acceptors (Lipinski definition) is 3. The molecule has 0 saturated heterocycles. The molecule has 1 aliphatic heterocycles. The molecule has 1 heterocycles. The lowest BCUT2D eigenvalue weighted by molar-refractivity contribution is 0.315. The third-order valence-electron chi connectivity index (χ3n) is 3.01. The van der Waals surface area contributed by atoms with E-state index in [9.17, 15) is 0 Å². The maximum atomic E-state index is 5.75. The molecule has 1 aliphatic rings. The molecule has 4 heteroatoms. The maximum absolute atomic E-state index is 5.75. The van der Waals surface area contributed by atoms with Crippen molar-refractivity contribution in [2.45, 2.75) is 25.3 Å². The van der Waals surface area contributed by atoms with Gasteiger partial charge in [-0.05, 0) is 50.6 Å². The molecule has 1 aromatic carbocycles. The van der Waals surface area contributed by atoms with Crippen molar-refractivity contribution in [3.63, 3.8) is 0 Å². The summed E-state index contributed by atoms with van der Waals surface area (Å²) < 4.78 is 6.86. The average Bonchev–Trinajstić information content (AvgIpc) is 2.52. The van der Waals surface area contributed by atoms with Crippen molar-refractivity contribution in [2.24, 2.45) is 5.73 Å². The van der Waals surface area contributed by atoms with Gasteiger partial charge in [-0.1, -0.05) is 15.9 Å². The Kier molecular flexibility index (Phi) is 4.83. The largest absolute Gasteiger partial charge is 0.493 e. The van der Waals surface area contributed by atoms with Gasteiger partial charge in [-0.3, -0.25) is 0 Å². The molecule has 3 N–H and O–H groups in total. The summed E-state index contributed by atoms with van der Waals surface area (Å²) in [7, 11) is 0. The highest BCUT2D eigenvalue weighted by molar-refractivity contribution is 9.10. The first kappa shape index (κ1) is 12.9. The normalized spacial score (nSPS) is 19.3. The van der Waals surface area contributed by atoms with E-state index in [0.29, 0.717) is 6.04 Å². The van der Waals surface area contributed by atoms with Gasteiger partial charge in [-0.15, -0.1) is 0 Å². The van der Waals surface area contributed by atoms with E-state index in [1.165, 1.54) is 5.56 Å². The average molecular weight is 299 g/mol. The van der Waals surface area contributed by atoms with Gasteiger partial charge in [-0.2, -0.15) is 0 Å². The lowest BCUT2D eigenvalue weighted by Gasteiger charge is -2.18. The fourth-order valence-corrected chi connectivity index (χ4v) is 2.52. The van der Waals surface area contributed by atoms with Crippen LogP contribution >= 0.6 is 15.9 Å². The van der Waals surface area contributed by atoms with Crippen molar-refractivity contribution < 1.29 is 4.74 Å². The Hall–Kier alpha value is -0.580. The first-order valence-corrected chi connectivity index (χ1v) is 6.96. The number of halogens is 1. The highest BCUT2D eigenvalue weighted by Crippen LogP contribution is 2.33. The Morgan fingerprint density at radius 3 is 3.18 bits per heavy atom. The minimum Gasteiger partial charge on any atom is -0.493 e. The van der Waals surface area contributed by atoms with Crippen LogP contribution in [0.1, 0.15) is 30.9 Å². The summed E-state index contributed by atoms with van der Waals surface area (Å²) >= 11 is 3.52. The zero-order valence-corrected chi connectivity index (χ0v) is 11.5. The summed E-state index contributed by atoms with van der Waals surface area (Å²) in [6.07, 6.45) is 3.22. The Morgan fingerprint density at radius 2 is 2.35 bits per heavy atom. The van der Waals surface area contributed by atoms with Gasteiger partial charge in [0.15, 0.2) is 0 Å². The van der Waals surface area contributed by atoms with Crippen molar-refractivity contribution in [2.75, 3.05) is 19.7 Å². The molecule has 0 aromatic heterocycles. The van der Waals surface area contributed by atoms with E-state index in [1.807, 2.05) is 12.1 Å². The molecule has 2 rings (SSSR count). The molecular weight excluding hydrogens is 280 g/mol. The van der Waals surface area contributed by atoms with E-state index in [0.717, 1.165) is 49.2 Å². The van der Waals surface area contributed by atoms with Crippen molar-refractivity contribution >= 4 is 15.9 Å². The summed E-state index contributed by atoms with van der Waals surface area (Å²) in [6, 6.07) is 6.61. The van der Waals surface area contributed by atoms with Crippen molar-refractivity contribution in [1.82, 2.24) is 5.32 Å². The molecule has 1 atom stereocenters. The molecule has 17 heavy (non-hydrogen) atoms. The van der Waals surface area contributed by atoms with E-state index in [-0.39, 0.29) is 0 Å². The standard InChI is InChI=1S/C13H19BrN2O/c14-10-4-5-13-11(9-10)12(3-1-8-17-13)16-7-2-6-15/h4-5,9,12,16H,1-3,6-8,15H2. The second-order valence-electron chi connectivity index (χ2n) is 4.32. The molecule has 0 saturated carbocycles. The van der Waals surface area contributed by atoms with Gasteiger partial charge < -0.3 is 15.8 Å². The lowest BCUT2D eigenvalue weighted by Crippen LogP contribution is -2.23. The molecule has 0 radical (unpaired) electrons. The maximum Gasteiger partial charge on any atom is 0.124 e. The molecule has 94 valence electrons. The van der Waals surface area contributed by atoms with E-state index >= 15 is 0 Å². The van der Waals surface area contributed by atoms with Crippen molar-refractivity contribution in [3.05, 3.63) is 28.2 Å². The highest BCUT2D eigenvalue weighted by atomic mass is 79.9. The van der Waals surface area contributed by atoms with Gasteiger partial charge in [-0.25, -0.2) is 0 Å². The molecule has 0 amide bonds. The lowest BCUT2D eigenvalue weighted by atomic mass is 10.0. The number of fused-ring (bicyclic) bond motifs is 1. The van der Waals surface area contributed by atoms with Crippen LogP contribution in [0.15, 0.2) is 22.7 Å². The first-order valence-electron chi connectivity index (χ1n) is 6.17. The SMILES string of the molecule is NCCCNC1CCCOc2ccc(Br)cc21. The molecule has 0 fully saturated rings. The Balaban J connectivity index is 2.13. The summed E-state index contributed by atoms with van der Waals surface area (Å²) in [5, 5.41) is 3.57.